The predicted molar refractivity (Wildman–Crippen MR) is 146 cm³/mol. The van der Waals surface area contributed by atoms with Crippen LogP contribution in [0.1, 0.15) is 113 Å². The van der Waals surface area contributed by atoms with E-state index in [2.05, 4.69) is 34.6 Å². The van der Waals surface area contributed by atoms with Gasteiger partial charge in [0.25, 0.3) is 0 Å². The monoisotopic (exact) mass is 528 g/mol. The fourth-order valence-electron chi connectivity index (χ4n) is 12.7. The normalized spacial score (nSPS) is 51.6. The Labute approximate surface area is 230 Å². The van der Waals surface area contributed by atoms with Crippen LogP contribution in [0.3, 0.4) is 0 Å². The number of esters is 1. The van der Waals surface area contributed by atoms with Crippen LogP contribution >= 0.6 is 0 Å². The molecule has 12 unspecified atom stereocenters. The van der Waals surface area contributed by atoms with Crippen molar-refractivity contribution in [1.29, 1.82) is 0 Å². The van der Waals surface area contributed by atoms with Gasteiger partial charge in [-0.15, -0.1) is 0 Å². The number of rotatable bonds is 4. The van der Waals surface area contributed by atoms with Crippen LogP contribution < -0.4 is 0 Å². The van der Waals surface area contributed by atoms with Gasteiger partial charge in [0.05, 0.1) is 17.8 Å². The second-order valence-electron chi connectivity index (χ2n) is 15.9. The summed E-state index contributed by atoms with van der Waals surface area (Å²) in [6, 6.07) is 0. The molecule has 1 heterocycles. The van der Waals surface area contributed by atoms with Crippen LogP contribution in [0.4, 0.5) is 0 Å². The zero-order chi connectivity index (χ0) is 27.6. The zero-order valence-electron chi connectivity index (χ0n) is 25.1. The van der Waals surface area contributed by atoms with Crippen molar-refractivity contribution in [1.82, 2.24) is 0 Å². The molecule has 0 aromatic carbocycles. The lowest BCUT2D eigenvalue weighted by Crippen LogP contribution is -2.55. The number of ketones is 1. The molecular weight excluding hydrogens is 476 g/mol. The minimum Gasteiger partial charge on any atom is -0.457 e. The molecule has 0 radical (unpaired) electrons. The fraction of sp³-hybridized carbons (Fsp3) is 0.939. The van der Waals surface area contributed by atoms with Crippen LogP contribution in [-0.2, 0) is 19.1 Å². The molecule has 0 amide bonds. The quantitative estimate of drug-likeness (QED) is 0.431. The number of hydrogen-bond acceptors (Lipinski definition) is 5. The van der Waals surface area contributed by atoms with E-state index in [4.69, 9.17) is 9.47 Å². The minimum atomic E-state index is -1.15. The summed E-state index contributed by atoms with van der Waals surface area (Å²) in [6.07, 6.45) is 9.20. The van der Waals surface area contributed by atoms with Gasteiger partial charge in [-0.25, -0.2) is 0 Å². The molecule has 1 saturated heterocycles. The molecule has 0 aromatic rings. The third-order valence-electron chi connectivity index (χ3n) is 14.0. The topological polar surface area (TPSA) is 72.8 Å². The van der Waals surface area contributed by atoms with Gasteiger partial charge in [-0.2, -0.15) is 0 Å². The molecule has 6 aliphatic rings. The Balaban J connectivity index is 1.32. The predicted octanol–water partition coefficient (Wildman–Crippen LogP) is 6.35. The van der Waals surface area contributed by atoms with Gasteiger partial charge in [0.2, 0.25) is 0 Å². The molecule has 1 N–H and O–H groups in total. The van der Waals surface area contributed by atoms with E-state index in [1.807, 2.05) is 0 Å². The molecule has 5 heteroatoms. The third-order valence-corrected chi connectivity index (χ3v) is 14.0. The highest BCUT2D eigenvalue weighted by Gasteiger charge is 2.85. The second-order valence-corrected chi connectivity index (χ2v) is 15.9. The first-order chi connectivity index (χ1) is 17.7. The van der Waals surface area contributed by atoms with E-state index < -0.39 is 11.7 Å². The Morgan fingerprint density at radius 3 is 2.45 bits per heavy atom. The van der Waals surface area contributed by atoms with Crippen molar-refractivity contribution in [3.05, 3.63) is 0 Å². The van der Waals surface area contributed by atoms with Crippen molar-refractivity contribution >= 4 is 11.8 Å². The molecular formula is C33H52O5. The van der Waals surface area contributed by atoms with Crippen LogP contribution in [0.2, 0.25) is 0 Å². The summed E-state index contributed by atoms with van der Waals surface area (Å²) in [5.74, 6) is 3.80. The van der Waals surface area contributed by atoms with Gasteiger partial charge in [-0.3, -0.25) is 9.59 Å². The highest BCUT2D eigenvalue weighted by Crippen LogP contribution is 2.89. The van der Waals surface area contributed by atoms with Gasteiger partial charge in [-0.1, -0.05) is 41.0 Å². The number of Topliss-reactive ketones (excluding diaryl/α,β-unsaturated/α-hetero) is 1. The van der Waals surface area contributed by atoms with Crippen molar-refractivity contribution in [2.24, 2.45) is 57.2 Å². The number of hydrogen-bond donors (Lipinski definition) is 1. The summed E-state index contributed by atoms with van der Waals surface area (Å²) >= 11 is 0. The molecule has 12 atom stereocenters. The molecule has 5 saturated carbocycles. The lowest BCUT2D eigenvalue weighted by atomic mass is 9.46. The van der Waals surface area contributed by atoms with Crippen LogP contribution in [0, 0.1) is 57.2 Å². The smallest absolute Gasteiger partial charge is 0.303 e. The largest absolute Gasteiger partial charge is 0.457 e. The number of fused-ring (bicyclic) bond motifs is 4. The molecule has 38 heavy (non-hydrogen) atoms. The fourth-order valence-corrected chi connectivity index (χ4v) is 12.7. The lowest BCUT2D eigenvalue weighted by molar-refractivity contribution is -0.209. The van der Waals surface area contributed by atoms with Crippen molar-refractivity contribution in [3.8, 4) is 0 Å². The maximum atomic E-state index is 13.0. The van der Waals surface area contributed by atoms with Crippen molar-refractivity contribution < 1.29 is 24.2 Å². The molecule has 1 aliphatic heterocycles. The van der Waals surface area contributed by atoms with Gasteiger partial charge in [0, 0.05) is 18.8 Å². The van der Waals surface area contributed by atoms with E-state index in [-0.39, 0.29) is 29.0 Å². The summed E-state index contributed by atoms with van der Waals surface area (Å²) in [6.45, 7) is 16.8. The van der Waals surface area contributed by atoms with Crippen molar-refractivity contribution in [2.75, 3.05) is 0 Å². The summed E-state index contributed by atoms with van der Waals surface area (Å²) in [4.78, 5) is 25.0. The molecule has 6 rings (SSSR count). The summed E-state index contributed by atoms with van der Waals surface area (Å²) in [7, 11) is 0. The Bertz CT molecular complexity index is 1010. The highest BCUT2D eigenvalue weighted by molar-refractivity contribution is 5.86. The Morgan fingerprint density at radius 2 is 1.82 bits per heavy atom. The van der Waals surface area contributed by atoms with Crippen LogP contribution in [0.5, 0.6) is 0 Å². The Kier molecular flexibility index (Phi) is 5.95. The number of ether oxygens (including phenoxy) is 2. The molecule has 5 nitrogen and oxygen atoms in total. The molecule has 6 fully saturated rings. The number of carbonyl (C=O) groups excluding carboxylic acids is 2. The summed E-state index contributed by atoms with van der Waals surface area (Å²) in [5.41, 5.74) is -0.302. The van der Waals surface area contributed by atoms with E-state index in [9.17, 15) is 14.7 Å². The van der Waals surface area contributed by atoms with Gasteiger partial charge in [-0.05, 0) is 111 Å². The molecule has 214 valence electrons. The van der Waals surface area contributed by atoms with Gasteiger partial charge < -0.3 is 14.6 Å². The highest BCUT2D eigenvalue weighted by atomic mass is 16.6. The first-order valence-electron chi connectivity index (χ1n) is 15.7. The molecule has 2 spiro atoms. The van der Waals surface area contributed by atoms with E-state index in [0.717, 1.165) is 38.0 Å². The van der Waals surface area contributed by atoms with Crippen molar-refractivity contribution in [2.45, 2.75) is 137 Å². The van der Waals surface area contributed by atoms with Crippen LogP contribution in [0.25, 0.3) is 0 Å². The average molecular weight is 529 g/mol. The minimum absolute atomic E-state index is 0.163. The maximum absolute atomic E-state index is 13.0. The first-order valence-corrected chi connectivity index (χ1v) is 15.7. The number of carbonyl (C=O) groups is 2. The Morgan fingerprint density at radius 1 is 1.11 bits per heavy atom. The van der Waals surface area contributed by atoms with Crippen LogP contribution in [-0.4, -0.2) is 40.8 Å². The van der Waals surface area contributed by atoms with Crippen LogP contribution in [0.15, 0.2) is 0 Å². The standard InChI is InChI=1S/C33H52O5/c1-9-20-16-24(28(30(6,7)36)37-19(3)34)38-23-17-22-21-10-11-25-29(4,5)26(35)12-13-33(25)18(2)32(21,33)15-14-31(22,8)27(20)23/h18,20-25,27-28,36H,9-17H2,1-8H3. The molecule has 0 bridgehead atoms. The third kappa shape index (κ3) is 3.24. The first kappa shape index (κ1) is 27.2. The summed E-state index contributed by atoms with van der Waals surface area (Å²) < 4.78 is 12.6. The van der Waals surface area contributed by atoms with E-state index in [0.29, 0.717) is 46.2 Å². The lowest BCUT2D eigenvalue weighted by Gasteiger charge is -2.58. The maximum Gasteiger partial charge on any atom is 0.303 e. The van der Waals surface area contributed by atoms with Gasteiger partial charge in [0.15, 0.2) is 6.10 Å². The van der Waals surface area contributed by atoms with E-state index in [1.54, 1.807) is 13.8 Å². The van der Waals surface area contributed by atoms with E-state index >= 15 is 0 Å². The van der Waals surface area contributed by atoms with Crippen molar-refractivity contribution in [3.63, 3.8) is 0 Å². The average Bonchev–Trinajstić information content (AvgIpc) is 3.20. The summed E-state index contributed by atoms with van der Waals surface area (Å²) in [5, 5.41) is 10.9. The van der Waals surface area contributed by atoms with Gasteiger partial charge in [0.1, 0.15) is 5.78 Å². The zero-order valence-corrected chi connectivity index (χ0v) is 25.1. The molecule has 5 aliphatic carbocycles. The Hall–Kier alpha value is -0.940. The van der Waals surface area contributed by atoms with Gasteiger partial charge >= 0.3 is 5.97 Å². The number of aliphatic hydroxyl groups is 1. The van der Waals surface area contributed by atoms with E-state index in [1.165, 1.54) is 32.6 Å². The second kappa shape index (κ2) is 8.30. The SMILES string of the molecule is CCC1CC(C(OC(C)=O)C(C)(C)O)OC2CC3C4CCC5C(C)(C)C(=O)CCC56C(C)C46CCC3(C)C12. The molecule has 0 aromatic heterocycles.